The molecule has 1 unspecified atom stereocenters. The van der Waals surface area contributed by atoms with Crippen molar-refractivity contribution in [1.29, 1.82) is 0 Å². The normalized spacial score (nSPS) is 31.8. The molecule has 2 aromatic rings. The van der Waals surface area contributed by atoms with Gasteiger partial charge in [0, 0.05) is 24.4 Å². The van der Waals surface area contributed by atoms with E-state index in [9.17, 15) is 0 Å². The SMILES string of the molecule is c1ccc2c(c1)C1CC2(CC2CNCCO2)c2ccccc21. The lowest BCUT2D eigenvalue weighted by Gasteiger charge is -2.36. The summed E-state index contributed by atoms with van der Waals surface area (Å²) in [5.74, 6) is 0.587. The van der Waals surface area contributed by atoms with E-state index in [0.717, 1.165) is 26.1 Å². The van der Waals surface area contributed by atoms with Crippen molar-refractivity contribution in [2.45, 2.75) is 30.3 Å². The highest BCUT2D eigenvalue weighted by atomic mass is 16.5. The number of nitrogens with one attached hydrogen (secondary N) is 1. The van der Waals surface area contributed by atoms with Gasteiger partial charge in [0.15, 0.2) is 0 Å². The first-order valence-corrected chi connectivity index (χ1v) is 8.40. The molecule has 0 spiro atoms. The molecule has 2 heteroatoms. The highest BCUT2D eigenvalue weighted by Crippen LogP contribution is 2.61. The van der Waals surface area contributed by atoms with E-state index in [4.69, 9.17) is 4.74 Å². The molecular formula is C20H21NO. The molecule has 112 valence electrons. The molecule has 1 N–H and O–H groups in total. The first-order chi connectivity index (χ1) is 10.9. The van der Waals surface area contributed by atoms with E-state index in [1.54, 1.807) is 22.3 Å². The van der Waals surface area contributed by atoms with Gasteiger partial charge in [-0.3, -0.25) is 0 Å². The average molecular weight is 291 g/mol. The van der Waals surface area contributed by atoms with Crippen LogP contribution in [0.15, 0.2) is 48.5 Å². The molecule has 0 saturated carbocycles. The summed E-state index contributed by atoms with van der Waals surface area (Å²) < 4.78 is 6.05. The van der Waals surface area contributed by atoms with Crippen molar-refractivity contribution in [3.05, 3.63) is 70.8 Å². The van der Waals surface area contributed by atoms with Gasteiger partial charge in [-0.1, -0.05) is 48.5 Å². The molecule has 2 nitrogen and oxygen atoms in total. The van der Waals surface area contributed by atoms with Crippen molar-refractivity contribution in [3.63, 3.8) is 0 Å². The third-order valence-corrected chi connectivity index (χ3v) is 5.84. The van der Waals surface area contributed by atoms with E-state index < -0.39 is 0 Å². The Morgan fingerprint density at radius 1 is 1.00 bits per heavy atom. The smallest absolute Gasteiger partial charge is 0.0711 e. The molecule has 1 aliphatic heterocycles. The van der Waals surface area contributed by atoms with Crippen LogP contribution in [0.4, 0.5) is 0 Å². The summed E-state index contributed by atoms with van der Waals surface area (Å²) in [6, 6.07) is 18.1. The third kappa shape index (κ3) is 1.62. The summed E-state index contributed by atoms with van der Waals surface area (Å²) in [7, 11) is 0. The van der Waals surface area contributed by atoms with Crippen LogP contribution in [0, 0.1) is 0 Å². The lowest BCUT2D eigenvalue weighted by Crippen LogP contribution is -2.42. The minimum Gasteiger partial charge on any atom is -0.376 e. The van der Waals surface area contributed by atoms with Crippen LogP contribution in [0.3, 0.4) is 0 Å². The predicted octanol–water partition coefficient (Wildman–Crippen LogP) is 3.20. The molecule has 22 heavy (non-hydrogen) atoms. The van der Waals surface area contributed by atoms with Gasteiger partial charge in [0.05, 0.1) is 12.7 Å². The summed E-state index contributed by atoms with van der Waals surface area (Å²) in [6.07, 6.45) is 2.66. The van der Waals surface area contributed by atoms with Gasteiger partial charge in [0.25, 0.3) is 0 Å². The Morgan fingerprint density at radius 2 is 1.68 bits per heavy atom. The fraction of sp³-hybridized carbons (Fsp3) is 0.400. The highest BCUT2D eigenvalue weighted by molar-refractivity contribution is 5.62. The molecule has 0 radical (unpaired) electrons. The first kappa shape index (κ1) is 12.9. The van der Waals surface area contributed by atoms with E-state index in [-0.39, 0.29) is 5.41 Å². The molecular weight excluding hydrogens is 270 g/mol. The van der Waals surface area contributed by atoms with Gasteiger partial charge in [-0.05, 0) is 35.1 Å². The molecule has 1 saturated heterocycles. The second-order valence-corrected chi connectivity index (χ2v) is 6.91. The number of fused-ring (bicyclic) bond motifs is 8. The van der Waals surface area contributed by atoms with Gasteiger partial charge in [0.1, 0.15) is 0 Å². The van der Waals surface area contributed by atoms with Crippen molar-refractivity contribution in [1.82, 2.24) is 5.32 Å². The quantitative estimate of drug-likeness (QED) is 0.917. The van der Waals surface area contributed by atoms with Crippen LogP contribution < -0.4 is 5.32 Å². The van der Waals surface area contributed by atoms with Gasteiger partial charge >= 0.3 is 0 Å². The van der Waals surface area contributed by atoms with Gasteiger partial charge in [-0.25, -0.2) is 0 Å². The standard InChI is InChI=1S/C20H21NO/c1-3-7-18-15(5-1)17-12-20(18,11-14-13-21-9-10-22-14)19-8-4-2-6-16(17)19/h1-8,14,17,21H,9-13H2. The number of morpholine rings is 1. The topological polar surface area (TPSA) is 21.3 Å². The summed E-state index contributed by atoms with van der Waals surface area (Å²) in [6.45, 7) is 2.81. The maximum atomic E-state index is 6.05. The summed E-state index contributed by atoms with van der Waals surface area (Å²) in [4.78, 5) is 0. The van der Waals surface area contributed by atoms with Crippen LogP contribution in [0.2, 0.25) is 0 Å². The van der Waals surface area contributed by atoms with E-state index >= 15 is 0 Å². The zero-order chi connectivity index (χ0) is 14.6. The average Bonchev–Trinajstić information content (AvgIpc) is 3.08. The number of hydrogen-bond acceptors (Lipinski definition) is 2. The molecule has 1 heterocycles. The summed E-state index contributed by atoms with van der Waals surface area (Å²) in [5, 5.41) is 3.49. The number of hydrogen-bond donors (Lipinski definition) is 1. The Hall–Kier alpha value is -1.64. The van der Waals surface area contributed by atoms with Crippen LogP contribution in [0.1, 0.15) is 41.0 Å². The van der Waals surface area contributed by atoms with Crippen molar-refractivity contribution in [2.75, 3.05) is 19.7 Å². The van der Waals surface area contributed by atoms with Crippen molar-refractivity contribution < 1.29 is 4.74 Å². The highest BCUT2D eigenvalue weighted by Gasteiger charge is 2.53. The molecule has 0 amide bonds. The van der Waals surface area contributed by atoms with E-state index in [0.29, 0.717) is 12.0 Å². The summed E-state index contributed by atoms with van der Waals surface area (Å²) in [5.41, 5.74) is 6.36. The molecule has 2 aromatic carbocycles. The van der Waals surface area contributed by atoms with E-state index in [1.807, 2.05) is 0 Å². The molecule has 0 aromatic heterocycles. The Bertz CT molecular complexity index is 670. The number of ether oxygens (including phenoxy) is 1. The monoisotopic (exact) mass is 291 g/mol. The molecule has 1 fully saturated rings. The van der Waals surface area contributed by atoms with Crippen molar-refractivity contribution >= 4 is 0 Å². The largest absolute Gasteiger partial charge is 0.376 e. The predicted molar refractivity (Wildman–Crippen MR) is 87.4 cm³/mol. The van der Waals surface area contributed by atoms with Crippen LogP contribution >= 0.6 is 0 Å². The number of rotatable bonds is 2. The minimum atomic E-state index is 0.168. The Kier molecular flexibility index (Phi) is 2.73. The second-order valence-electron chi connectivity index (χ2n) is 6.91. The van der Waals surface area contributed by atoms with Crippen LogP contribution in [-0.2, 0) is 10.2 Å². The minimum absolute atomic E-state index is 0.168. The molecule has 2 bridgehead atoms. The van der Waals surface area contributed by atoms with Gasteiger partial charge < -0.3 is 10.1 Å². The fourth-order valence-corrected chi connectivity index (χ4v) is 5.02. The van der Waals surface area contributed by atoms with Crippen LogP contribution in [-0.4, -0.2) is 25.8 Å². The second kappa shape index (κ2) is 4.68. The van der Waals surface area contributed by atoms with Gasteiger partial charge in [0.2, 0.25) is 0 Å². The first-order valence-electron chi connectivity index (χ1n) is 8.40. The molecule has 2 aliphatic carbocycles. The zero-order valence-electron chi connectivity index (χ0n) is 12.7. The maximum absolute atomic E-state index is 6.05. The summed E-state index contributed by atoms with van der Waals surface area (Å²) >= 11 is 0. The lowest BCUT2D eigenvalue weighted by molar-refractivity contribution is 0.0131. The van der Waals surface area contributed by atoms with E-state index in [1.165, 1.54) is 6.42 Å². The fourth-order valence-electron chi connectivity index (χ4n) is 5.02. The Labute approximate surface area is 131 Å². The third-order valence-electron chi connectivity index (χ3n) is 5.84. The zero-order valence-corrected chi connectivity index (χ0v) is 12.7. The van der Waals surface area contributed by atoms with Crippen LogP contribution in [0.25, 0.3) is 0 Å². The lowest BCUT2D eigenvalue weighted by atomic mass is 9.72. The molecule has 1 atom stereocenters. The van der Waals surface area contributed by atoms with Crippen molar-refractivity contribution in [2.24, 2.45) is 0 Å². The Balaban J connectivity index is 1.64. The van der Waals surface area contributed by atoms with Crippen LogP contribution in [0.5, 0.6) is 0 Å². The van der Waals surface area contributed by atoms with Gasteiger partial charge in [-0.2, -0.15) is 0 Å². The molecule has 3 aliphatic rings. The van der Waals surface area contributed by atoms with Crippen molar-refractivity contribution in [3.8, 4) is 0 Å². The maximum Gasteiger partial charge on any atom is 0.0711 e. The number of benzene rings is 2. The Morgan fingerprint density at radius 3 is 2.32 bits per heavy atom. The van der Waals surface area contributed by atoms with Gasteiger partial charge in [-0.15, -0.1) is 0 Å². The molecule has 5 rings (SSSR count). The van der Waals surface area contributed by atoms with E-state index in [2.05, 4.69) is 53.8 Å².